The van der Waals surface area contributed by atoms with E-state index in [0.717, 1.165) is 7.11 Å². The maximum atomic E-state index is 13.2. The molecular weight excluding hydrogens is 280 g/mol. The van der Waals surface area contributed by atoms with Crippen LogP contribution in [0.15, 0.2) is 0 Å². The van der Waals surface area contributed by atoms with Crippen molar-refractivity contribution < 1.29 is 22.3 Å². The first-order valence-corrected chi connectivity index (χ1v) is 4.87. The van der Waals surface area contributed by atoms with Crippen LogP contribution in [0.2, 0.25) is 0 Å². The molecule has 0 saturated heterocycles. The molecule has 0 heterocycles. The first-order valence-electron chi connectivity index (χ1n) is 3.95. The van der Waals surface area contributed by atoms with E-state index in [9.17, 15) is 17.6 Å². The van der Waals surface area contributed by atoms with Crippen molar-refractivity contribution in [1.29, 1.82) is 0 Å². The van der Waals surface area contributed by atoms with E-state index < -0.39 is 39.4 Å². The molecular formula is C9H7BrF4O. The Bertz CT molecular complexity index is 363. The van der Waals surface area contributed by atoms with Crippen LogP contribution in [0.3, 0.4) is 0 Å². The number of benzene rings is 1. The third-order valence-corrected chi connectivity index (χ3v) is 2.32. The molecule has 0 aliphatic rings. The van der Waals surface area contributed by atoms with E-state index in [1.54, 1.807) is 0 Å². The standard InChI is InChI=1S/C9H7BrF4O/c1-3(10)4-5(11)7(13)9(15-2)8(14)6(4)12/h3H,1-2H3. The maximum absolute atomic E-state index is 13.2. The van der Waals surface area contributed by atoms with Crippen LogP contribution in [0, 0.1) is 23.3 Å². The highest BCUT2D eigenvalue weighted by Gasteiger charge is 2.27. The van der Waals surface area contributed by atoms with Crippen LogP contribution < -0.4 is 4.74 Å². The molecule has 0 radical (unpaired) electrons. The molecule has 1 nitrogen and oxygen atoms in total. The van der Waals surface area contributed by atoms with E-state index in [1.807, 2.05) is 0 Å². The number of methoxy groups -OCH3 is 1. The minimum atomic E-state index is -1.53. The molecule has 0 bridgehead atoms. The van der Waals surface area contributed by atoms with Gasteiger partial charge in [0.25, 0.3) is 0 Å². The lowest BCUT2D eigenvalue weighted by atomic mass is 10.1. The summed E-state index contributed by atoms with van der Waals surface area (Å²) < 4.78 is 57.0. The summed E-state index contributed by atoms with van der Waals surface area (Å²) in [6, 6.07) is 0. The van der Waals surface area contributed by atoms with Gasteiger partial charge in [0, 0.05) is 10.4 Å². The van der Waals surface area contributed by atoms with E-state index in [0.29, 0.717) is 0 Å². The monoisotopic (exact) mass is 286 g/mol. The minimum absolute atomic E-state index is 0.689. The fourth-order valence-corrected chi connectivity index (χ4v) is 1.56. The van der Waals surface area contributed by atoms with E-state index >= 15 is 0 Å². The molecule has 0 amide bonds. The van der Waals surface area contributed by atoms with E-state index in [2.05, 4.69) is 20.7 Å². The molecule has 1 rings (SSSR count). The van der Waals surface area contributed by atoms with Gasteiger partial charge < -0.3 is 4.74 Å². The summed E-state index contributed by atoms with van der Waals surface area (Å²) in [6.45, 7) is 1.35. The molecule has 84 valence electrons. The molecule has 15 heavy (non-hydrogen) atoms. The first-order chi connectivity index (χ1) is 6.91. The van der Waals surface area contributed by atoms with Gasteiger partial charge in [-0.25, -0.2) is 8.78 Å². The van der Waals surface area contributed by atoms with Crippen LogP contribution in [0.25, 0.3) is 0 Å². The van der Waals surface area contributed by atoms with Crippen molar-refractivity contribution >= 4 is 15.9 Å². The van der Waals surface area contributed by atoms with Crippen molar-refractivity contribution in [3.8, 4) is 5.75 Å². The predicted octanol–water partition coefficient (Wildman–Crippen LogP) is 3.71. The molecule has 0 N–H and O–H groups in total. The molecule has 1 unspecified atom stereocenters. The molecule has 0 aliphatic carbocycles. The van der Waals surface area contributed by atoms with Gasteiger partial charge in [0.05, 0.1) is 7.11 Å². The van der Waals surface area contributed by atoms with Crippen LogP contribution in [0.5, 0.6) is 5.75 Å². The molecule has 0 aromatic heterocycles. The second-order valence-corrected chi connectivity index (χ2v) is 4.19. The fraction of sp³-hybridized carbons (Fsp3) is 0.333. The van der Waals surface area contributed by atoms with Crippen molar-refractivity contribution in [2.24, 2.45) is 0 Å². The minimum Gasteiger partial charge on any atom is -0.491 e. The average molecular weight is 287 g/mol. The largest absolute Gasteiger partial charge is 0.491 e. The molecule has 1 aromatic rings. The van der Waals surface area contributed by atoms with Gasteiger partial charge >= 0.3 is 0 Å². The predicted molar refractivity (Wildman–Crippen MR) is 50.2 cm³/mol. The number of hydrogen-bond acceptors (Lipinski definition) is 1. The zero-order chi connectivity index (χ0) is 11.7. The second kappa shape index (κ2) is 4.38. The summed E-state index contributed by atoms with van der Waals surface area (Å²) in [5, 5.41) is 0. The smallest absolute Gasteiger partial charge is 0.204 e. The van der Waals surface area contributed by atoms with Gasteiger partial charge in [-0.3, -0.25) is 0 Å². The lowest BCUT2D eigenvalue weighted by molar-refractivity contribution is 0.329. The lowest BCUT2D eigenvalue weighted by Crippen LogP contribution is -2.06. The van der Waals surface area contributed by atoms with E-state index in [4.69, 9.17) is 0 Å². The SMILES string of the molecule is COc1c(F)c(F)c(C(C)Br)c(F)c1F. The van der Waals surface area contributed by atoms with E-state index in [-0.39, 0.29) is 0 Å². The summed E-state index contributed by atoms with van der Waals surface area (Å²) in [7, 11) is 0.928. The summed E-state index contributed by atoms with van der Waals surface area (Å²) in [6.07, 6.45) is 0. The number of rotatable bonds is 2. The highest BCUT2D eigenvalue weighted by Crippen LogP contribution is 2.35. The molecule has 0 saturated carbocycles. The van der Waals surface area contributed by atoms with Gasteiger partial charge in [-0.15, -0.1) is 0 Å². The number of hydrogen-bond donors (Lipinski definition) is 0. The Hall–Kier alpha value is -0.780. The molecule has 0 aliphatic heterocycles. The summed E-state index contributed by atoms with van der Waals surface area (Å²) in [4.78, 5) is -0.840. The topological polar surface area (TPSA) is 9.23 Å². The Labute approximate surface area is 92.2 Å². The molecule has 6 heteroatoms. The Morgan fingerprint density at radius 2 is 1.40 bits per heavy atom. The third-order valence-electron chi connectivity index (χ3n) is 1.86. The Kier molecular flexibility index (Phi) is 3.59. The van der Waals surface area contributed by atoms with Crippen LogP contribution in [-0.2, 0) is 0 Å². The van der Waals surface area contributed by atoms with Gasteiger partial charge in [0.2, 0.25) is 11.6 Å². The van der Waals surface area contributed by atoms with E-state index in [1.165, 1.54) is 6.92 Å². The van der Waals surface area contributed by atoms with Crippen molar-refractivity contribution in [3.05, 3.63) is 28.8 Å². The summed E-state index contributed by atoms with van der Waals surface area (Å²) >= 11 is 2.84. The zero-order valence-electron chi connectivity index (χ0n) is 7.88. The van der Waals surface area contributed by atoms with Crippen molar-refractivity contribution in [2.75, 3.05) is 7.11 Å². The third kappa shape index (κ3) is 1.95. The highest BCUT2D eigenvalue weighted by atomic mass is 79.9. The molecule has 0 spiro atoms. The number of halogens is 5. The highest BCUT2D eigenvalue weighted by molar-refractivity contribution is 9.09. The molecule has 0 fully saturated rings. The quantitative estimate of drug-likeness (QED) is 0.458. The first kappa shape index (κ1) is 12.3. The average Bonchev–Trinajstić information content (AvgIpc) is 2.16. The second-order valence-electron chi connectivity index (χ2n) is 2.82. The van der Waals surface area contributed by atoms with Crippen molar-refractivity contribution in [3.63, 3.8) is 0 Å². The van der Waals surface area contributed by atoms with Crippen LogP contribution in [0.4, 0.5) is 17.6 Å². The van der Waals surface area contributed by atoms with Crippen molar-refractivity contribution in [2.45, 2.75) is 11.8 Å². The van der Waals surface area contributed by atoms with Crippen molar-refractivity contribution in [1.82, 2.24) is 0 Å². The summed E-state index contributed by atoms with van der Waals surface area (Å²) in [5.41, 5.74) is -0.689. The van der Waals surface area contributed by atoms with Gasteiger partial charge in [-0.2, -0.15) is 8.78 Å². The van der Waals surface area contributed by atoms with Gasteiger partial charge in [0.1, 0.15) is 0 Å². The Morgan fingerprint density at radius 1 is 1.00 bits per heavy atom. The summed E-state index contributed by atoms with van der Waals surface area (Å²) in [5.74, 6) is -7.01. The Balaban J connectivity index is 3.59. The maximum Gasteiger partial charge on any atom is 0.204 e. The zero-order valence-corrected chi connectivity index (χ0v) is 9.46. The van der Waals surface area contributed by atoms with Gasteiger partial charge in [0.15, 0.2) is 17.4 Å². The van der Waals surface area contributed by atoms with Gasteiger partial charge in [-0.1, -0.05) is 15.9 Å². The number of ether oxygens (including phenoxy) is 1. The normalized spacial score (nSPS) is 12.7. The number of alkyl halides is 1. The van der Waals surface area contributed by atoms with Crippen LogP contribution in [-0.4, -0.2) is 7.11 Å². The Morgan fingerprint density at radius 3 is 1.67 bits per heavy atom. The fourth-order valence-electron chi connectivity index (χ4n) is 1.16. The molecule has 1 atom stereocenters. The molecule has 1 aromatic carbocycles. The van der Waals surface area contributed by atoms with Crippen LogP contribution in [0.1, 0.15) is 17.3 Å². The van der Waals surface area contributed by atoms with Gasteiger partial charge in [-0.05, 0) is 6.92 Å². The van der Waals surface area contributed by atoms with Crippen LogP contribution >= 0.6 is 15.9 Å². The lowest BCUT2D eigenvalue weighted by Gasteiger charge is -2.12.